The highest BCUT2D eigenvalue weighted by Gasteiger charge is 2.21. The second-order valence-electron chi connectivity index (χ2n) is 5.49. The molecular formula is C19H19ClN2O4. The lowest BCUT2D eigenvalue weighted by Crippen LogP contribution is -2.43. The van der Waals surface area contributed by atoms with E-state index in [0.29, 0.717) is 17.0 Å². The largest absolute Gasteiger partial charge is 0.455 e. The lowest BCUT2D eigenvalue weighted by atomic mass is 9.97. The molecule has 2 amide bonds. The molecule has 1 atom stereocenters. The molecule has 0 aliphatic carbocycles. The lowest BCUT2D eigenvalue weighted by molar-refractivity contribution is -0.150. The van der Waals surface area contributed by atoms with Crippen molar-refractivity contribution < 1.29 is 19.1 Å². The van der Waals surface area contributed by atoms with Crippen LogP contribution in [0.25, 0.3) is 0 Å². The van der Waals surface area contributed by atoms with Crippen LogP contribution in [0.5, 0.6) is 0 Å². The standard InChI is InChI=1S/C19H19ClN2O4/c1-2-16(13-6-4-3-5-7-13)19(25)26-12-17(23)21-22-18(24)14-8-10-15(20)11-9-14/h3-11,16H,2,12H2,1H3,(H,21,23)(H,22,24)/t16-/m1/s1. The number of hydrogen-bond donors (Lipinski definition) is 2. The third kappa shape index (κ3) is 5.60. The normalized spacial score (nSPS) is 11.3. The van der Waals surface area contributed by atoms with Crippen LogP contribution >= 0.6 is 11.6 Å². The molecule has 7 heteroatoms. The summed E-state index contributed by atoms with van der Waals surface area (Å²) in [4.78, 5) is 35.8. The van der Waals surface area contributed by atoms with Crippen molar-refractivity contribution in [3.05, 3.63) is 70.7 Å². The van der Waals surface area contributed by atoms with Crippen molar-refractivity contribution in [2.45, 2.75) is 19.3 Å². The van der Waals surface area contributed by atoms with Gasteiger partial charge in [0, 0.05) is 10.6 Å². The number of esters is 1. The summed E-state index contributed by atoms with van der Waals surface area (Å²) >= 11 is 5.75. The molecule has 0 aromatic heterocycles. The lowest BCUT2D eigenvalue weighted by Gasteiger charge is -2.14. The van der Waals surface area contributed by atoms with E-state index in [1.165, 1.54) is 12.1 Å². The topological polar surface area (TPSA) is 84.5 Å². The first-order valence-electron chi connectivity index (χ1n) is 8.07. The number of carbonyl (C=O) groups excluding carboxylic acids is 3. The molecule has 0 heterocycles. The van der Waals surface area contributed by atoms with Crippen LogP contribution in [0.1, 0.15) is 35.2 Å². The summed E-state index contributed by atoms with van der Waals surface area (Å²) in [5.41, 5.74) is 5.61. The highest BCUT2D eigenvalue weighted by Crippen LogP contribution is 2.20. The molecule has 0 aliphatic rings. The van der Waals surface area contributed by atoms with Gasteiger partial charge in [0.05, 0.1) is 5.92 Å². The van der Waals surface area contributed by atoms with Gasteiger partial charge in [0.25, 0.3) is 11.8 Å². The molecule has 2 aromatic rings. The Kier molecular flexibility index (Phi) is 7.17. The van der Waals surface area contributed by atoms with E-state index in [0.717, 1.165) is 5.56 Å². The van der Waals surface area contributed by atoms with Crippen LogP contribution < -0.4 is 10.9 Å². The minimum Gasteiger partial charge on any atom is -0.455 e. The molecule has 0 unspecified atom stereocenters. The van der Waals surface area contributed by atoms with E-state index in [9.17, 15) is 14.4 Å². The van der Waals surface area contributed by atoms with Gasteiger partial charge >= 0.3 is 5.97 Å². The number of carbonyl (C=O) groups is 3. The third-order valence-electron chi connectivity index (χ3n) is 3.66. The summed E-state index contributed by atoms with van der Waals surface area (Å²) in [5, 5.41) is 0.501. The Bertz CT molecular complexity index is 763. The minimum absolute atomic E-state index is 0.335. The van der Waals surface area contributed by atoms with Crippen LogP contribution in [0.15, 0.2) is 54.6 Å². The number of halogens is 1. The molecule has 0 aliphatic heterocycles. The van der Waals surface area contributed by atoms with Crippen LogP contribution in [0, 0.1) is 0 Å². The molecule has 2 N–H and O–H groups in total. The van der Waals surface area contributed by atoms with Crippen molar-refractivity contribution >= 4 is 29.4 Å². The molecule has 2 rings (SSSR count). The predicted octanol–water partition coefficient (Wildman–Crippen LogP) is 2.84. The molecule has 6 nitrogen and oxygen atoms in total. The van der Waals surface area contributed by atoms with Crippen LogP contribution in [0.3, 0.4) is 0 Å². The zero-order valence-electron chi connectivity index (χ0n) is 14.2. The molecule has 0 spiro atoms. The summed E-state index contributed by atoms with van der Waals surface area (Å²) in [6.07, 6.45) is 0.553. The van der Waals surface area contributed by atoms with Crippen LogP contribution in [0.4, 0.5) is 0 Å². The van der Waals surface area contributed by atoms with Gasteiger partial charge in [0.2, 0.25) is 0 Å². The number of hydrazine groups is 1. The molecule has 0 saturated heterocycles. The molecule has 2 aromatic carbocycles. The van der Waals surface area contributed by atoms with Crippen molar-refractivity contribution in [3.63, 3.8) is 0 Å². The fraction of sp³-hybridized carbons (Fsp3) is 0.211. The van der Waals surface area contributed by atoms with Crippen molar-refractivity contribution in [2.24, 2.45) is 0 Å². The van der Waals surface area contributed by atoms with Crippen molar-refractivity contribution in [1.29, 1.82) is 0 Å². The Labute approximate surface area is 156 Å². The first kappa shape index (κ1) is 19.5. The van der Waals surface area contributed by atoms with Crippen molar-refractivity contribution in [1.82, 2.24) is 10.9 Å². The average molecular weight is 375 g/mol. The fourth-order valence-electron chi connectivity index (χ4n) is 2.30. The molecule has 0 radical (unpaired) electrons. The van der Waals surface area contributed by atoms with Crippen molar-refractivity contribution in [3.8, 4) is 0 Å². The Hall–Kier alpha value is -2.86. The van der Waals surface area contributed by atoms with E-state index in [-0.39, 0.29) is 0 Å². The average Bonchev–Trinajstić information content (AvgIpc) is 2.66. The van der Waals surface area contributed by atoms with E-state index in [2.05, 4.69) is 10.9 Å². The second-order valence-corrected chi connectivity index (χ2v) is 5.92. The maximum atomic E-state index is 12.2. The van der Waals surface area contributed by atoms with Gasteiger partial charge in [-0.1, -0.05) is 48.9 Å². The van der Waals surface area contributed by atoms with Crippen LogP contribution in [-0.4, -0.2) is 24.4 Å². The van der Waals surface area contributed by atoms with E-state index in [1.54, 1.807) is 12.1 Å². The van der Waals surface area contributed by atoms with Gasteiger partial charge in [-0.2, -0.15) is 0 Å². The number of ether oxygens (including phenoxy) is 1. The van der Waals surface area contributed by atoms with E-state index in [4.69, 9.17) is 16.3 Å². The van der Waals surface area contributed by atoms with E-state index in [1.807, 2.05) is 37.3 Å². The number of benzene rings is 2. The molecule has 0 bridgehead atoms. The van der Waals surface area contributed by atoms with E-state index < -0.39 is 30.3 Å². The van der Waals surface area contributed by atoms with Crippen LogP contribution in [0.2, 0.25) is 5.02 Å². The number of hydrogen-bond acceptors (Lipinski definition) is 4. The SMILES string of the molecule is CC[C@@H](C(=O)OCC(=O)NNC(=O)c1ccc(Cl)cc1)c1ccccc1. The van der Waals surface area contributed by atoms with Gasteiger partial charge in [-0.3, -0.25) is 25.2 Å². The van der Waals surface area contributed by atoms with Gasteiger partial charge in [-0.05, 0) is 36.2 Å². The van der Waals surface area contributed by atoms with Gasteiger partial charge in [0.15, 0.2) is 6.61 Å². The maximum absolute atomic E-state index is 12.2. The summed E-state index contributed by atoms with van der Waals surface area (Å²) in [5.74, 6) is -2.06. The molecule has 26 heavy (non-hydrogen) atoms. The first-order valence-corrected chi connectivity index (χ1v) is 8.45. The highest BCUT2D eigenvalue weighted by molar-refractivity contribution is 6.30. The molecule has 0 saturated carbocycles. The van der Waals surface area contributed by atoms with Gasteiger partial charge in [-0.15, -0.1) is 0 Å². The van der Waals surface area contributed by atoms with Gasteiger partial charge < -0.3 is 4.74 Å². The Morgan fingerprint density at radius 2 is 1.65 bits per heavy atom. The molecular weight excluding hydrogens is 356 g/mol. The van der Waals surface area contributed by atoms with Gasteiger partial charge in [0.1, 0.15) is 0 Å². The minimum atomic E-state index is -0.636. The quantitative estimate of drug-likeness (QED) is 0.601. The maximum Gasteiger partial charge on any atom is 0.313 e. The van der Waals surface area contributed by atoms with Gasteiger partial charge in [-0.25, -0.2) is 0 Å². The summed E-state index contributed by atoms with van der Waals surface area (Å²) < 4.78 is 5.05. The van der Waals surface area contributed by atoms with Crippen molar-refractivity contribution in [2.75, 3.05) is 6.61 Å². The summed E-state index contributed by atoms with van der Waals surface area (Å²) in [6, 6.07) is 15.4. The molecule has 0 fully saturated rings. The van der Waals surface area contributed by atoms with Crippen LogP contribution in [-0.2, 0) is 14.3 Å². The highest BCUT2D eigenvalue weighted by atomic mass is 35.5. The molecule has 136 valence electrons. The zero-order chi connectivity index (χ0) is 18.9. The number of amides is 2. The Morgan fingerprint density at radius 1 is 1.00 bits per heavy atom. The summed E-state index contributed by atoms with van der Waals surface area (Å²) in [6.45, 7) is 1.38. The fourth-order valence-corrected chi connectivity index (χ4v) is 2.42. The smallest absolute Gasteiger partial charge is 0.313 e. The summed E-state index contributed by atoms with van der Waals surface area (Å²) in [7, 11) is 0. The number of nitrogens with one attached hydrogen (secondary N) is 2. The van der Waals surface area contributed by atoms with E-state index >= 15 is 0 Å². The third-order valence-corrected chi connectivity index (χ3v) is 3.91. The second kappa shape index (κ2) is 9.58. The Morgan fingerprint density at radius 3 is 2.27 bits per heavy atom. The monoisotopic (exact) mass is 374 g/mol. The zero-order valence-corrected chi connectivity index (χ0v) is 15.0. The predicted molar refractivity (Wildman–Crippen MR) is 97.5 cm³/mol. The Balaban J connectivity index is 1.79. The first-order chi connectivity index (χ1) is 12.5. The number of rotatable bonds is 6.